The Bertz CT molecular complexity index is 406. The van der Waals surface area contributed by atoms with Gasteiger partial charge in [0, 0.05) is 18.4 Å². The van der Waals surface area contributed by atoms with Crippen molar-refractivity contribution in [2.75, 3.05) is 6.61 Å². The third-order valence-electron chi connectivity index (χ3n) is 2.50. The van der Waals surface area contributed by atoms with Gasteiger partial charge in [0.1, 0.15) is 0 Å². The molecule has 0 fully saturated rings. The van der Waals surface area contributed by atoms with Gasteiger partial charge in [-0.25, -0.2) is 9.78 Å². The molecule has 1 heterocycles. The molecule has 0 radical (unpaired) electrons. The van der Waals surface area contributed by atoms with Gasteiger partial charge in [-0.1, -0.05) is 13.8 Å². The second-order valence-corrected chi connectivity index (χ2v) is 4.27. The van der Waals surface area contributed by atoms with Gasteiger partial charge >= 0.3 is 5.97 Å². The molecule has 18 heavy (non-hydrogen) atoms. The summed E-state index contributed by atoms with van der Waals surface area (Å²) in [5.74, 6) is -0.659. The highest BCUT2D eigenvalue weighted by Crippen LogP contribution is 1.99. The van der Waals surface area contributed by atoms with Crippen molar-refractivity contribution in [3.63, 3.8) is 0 Å². The average Bonchev–Trinajstić information content (AvgIpc) is 2.36. The summed E-state index contributed by atoms with van der Waals surface area (Å²) in [6.07, 6.45) is 4.13. The first kappa shape index (κ1) is 14.1. The first-order chi connectivity index (χ1) is 8.50. The van der Waals surface area contributed by atoms with E-state index < -0.39 is 5.97 Å². The standard InChI is InChI=1S/C12H17N3O3/c1-8(2)9(3)15-11(16)7-18-12(17)10-6-13-4-5-14-10/h4-6,8-9H,7H2,1-3H3,(H,15,16)/t9-/m0/s1. The molecule has 0 aromatic carbocycles. The van der Waals surface area contributed by atoms with Gasteiger partial charge in [0.25, 0.3) is 5.91 Å². The van der Waals surface area contributed by atoms with E-state index in [2.05, 4.69) is 15.3 Å². The van der Waals surface area contributed by atoms with Gasteiger partial charge in [0.05, 0.1) is 6.20 Å². The van der Waals surface area contributed by atoms with Crippen LogP contribution >= 0.6 is 0 Å². The number of nitrogens with zero attached hydrogens (tertiary/aromatic N) is 2. The average molecular weight is 251 g/mol. The zero-order valence-electron chi connectivity index (χ0n) is 10.7. The molecule has 0 aliphatic heterocycles. The Balaban J connectivity index is 2.37. The van der Waals surface area contributed by atoms with Gasteiger partial charge in [-0.2, -0.15) is 0 Å². The quantitative estimate of drug-likeness (QED) is 0.783. The van der Waals surface area contributed by atoms with E-state index in [1.807, 2.05) is 20.8 Å². The number of hydrogen-bond acceptors (Lipinski definition) is 5. The number of amides is 1. The van der Waals surface area contributed by atoms with Gasteiger partial charge < -0.3 is 10.1 Å². The Labute approximate surface area is 106 Å². The number of esters is 1. The molecule has 0 aliphatic rings. The summed E-state index contributed by atoms with van der Waals surface area (Å²) in [7, 11) is 0. The third kappa shape index (κ3) is 4.48. The number of carbonyl (C=O) groups excluding carboxylic acids is 2. The molecule has 6 heteroatoms. The van der Waals surface area contributed by atoms with E-state index >= 15 is 0 Å². The van der Waals surface area contributed by atoms with E-state index in [-0.39, 0.29) is 24.2 Å². The Morgan fingerprint density at radius 1 is 1.33 bits per heavy atom. The van der Waals surface area contributed by atoms with Crippen LogP contribution in [0.1, 0.15) is 31.3 Å². The lowest BCUT2D eigenvalue weighted by Crippen LogP contribution is -2.38. The lowest BCUT2D eigenvalue weighted by molar-refractivity contribution is -0.125. The highest BCUT2D eigenvalue weighted by molar-refractivity contribution is 5.89. The molecule has 1 aromatic rings. The molecule has 1 N–H and O–H groups in total. The van der Waals surface area contributed by atoms with Gasteiger partial charge in [-0.15, -0.1) is 0 Å². The van der Waals surface area contributed by atoms with Crippen LogP contribution < -0.4 is 5.32 Å². The minimum Gasteiger partial charge on any atom is -0.451 e. The lowest BCUT2D eigenvalue weighted by Gasteiger charge is -2.17. The molecule has 6 nitrogen and oxygen atoms in total. The molecular weight excluding hydrogens is 234 g/mol. The minimum absolute atomic E-state index is 0.0349. The van der Waals surface area contributed by atoms with E-state index in [4.69, 9.17) is 4.74 Å². The summed E-state index contributed by atoms with van der Waals surface area (Å²) in [5, 5.41) is 2.73. The summed E-state index contributed by atoms with van der Waals surface area (Å²) in [5.41, 5.74) is 0.0854. The van der Waals surface area contributed by atoms with Crippen molar-refractivity contribution in [1.82, 2.24) is 15.3 Å². The van der Waals surface area contributed by atoms with Crippen LogP contribution in [-0.2, 0) is 9.53 Å². The van der Waals surface area contributed by atoms with Crippen molar-refractivity contribution in [2.24, 2.45) is 5.92 Å². The topological polar surface area (TPSA) is 81.2 Å². The summed E-state index contributed by atoms with van der Waals surface area (Å²) in [6, 6.07) is 0.0349. The van der Waals surface area contributed by atoms with Crippen LogP contribution in [0.5, 0.6) is 0 Å². The Kier molecular flexibility index (Phi) is 5.23. The van der Waals surface area contributed by atoms with Crippen molar-refractivity contribution in [3.8, 4) is 0 Å². The Morgan fingerprint density at radius 2 is 2.06 bits per heavy atom. The van der Waals surface area contributed by atoms with Gasteiger partial charge in [-0.05, 0) is 12.8 Å². The second-order valence-electron chi connectivity index (χ2n) is 4.27. The minimum atomic E-state index is -0.657. The maximum Gasteiger partial charge on any atom is 0.359 e. The summed E-state index contributed by atoms with van der Waals surface area (Å²) in [6.45, 7) is 5.58. The van der Waals surface area contributed by atoms with Gasteiger partial charge in [0.2, 0.25) is 0 Å². The van der Waals surface area contributed by atoms with Crippen LogP contribution in [0.2, 0.25) is 0 Å². The van der Waals surface area contributed by atoms with Crippen molar-refractivity contribution in [2.45, 2.75) is 26.8 Å². The van der Waals surface area contributed by atoms with Crippen molar-refractivity contribution in [1.29, 1.82) is 0 Å². The van der Waals surface area contributed by atoms with E-state index in [9.17, 15) is 9.59 Å². The molecule has 0 saturated carbocycles. The third-order valence-corrected chi connectivity index (χ3v) is 2.50. The largest absolute Gasteiger partial charge is 0.451 e. The smallest absolute Gasteiger partial charge is 0.359 e. The zero-order chi connectivity index (χ0) is 13.5. The molecule has 98 valence electrons. The van der Waals surface area contributed by atoms with Crippen LogP contribution in [0.4, 0.5) is 0 Å². The number of nitrogens with one attached hydrogen (secondary N) is 1. The van der Waals surface area contributed by atoms with Crippen LogP contribution in [0, 0.1) is 5.92 Å². The molecule has 1 aromatic heterocycles. The number of rotatable bonds is 5. The van der Waals surface area contributed by atoms with Crippen molar-refractivity contribution < 1.29 is 14.3 Å². The molecule has 1 rings (SSSR count). The van der Waals surface area contributed by atoms with E-state index in [0.717, 1.165) is 0 Å². The van der Waals surface area contributed by atoms with E-state index in [1.54, 1.807) is 0 Å². The van der Waals surface area contributed by atoms with Crippen molar-refractivity contribution in [3.05, 3.63) is 24.3 Å². The van der Waals surface area contributed by atoms with Gasteiger partial charge in [0.15, 0.2) is 12.3 Å². The van der Waals surface area contributed by atoms with Crippen LogP contribution in [0.25, 0.3) is 0 Å². The van der Waals surface area contributed by atoms with E-state index in [1.165, 1.54) is 18.6 Å². The molecule has 0 unspecified atom stereocenters. The van der Waals surface area contributed by atoms with Crippen LogP contribution in [-0.4, -0.2) is 34.5 Å². The van der Waals surface area contributed by atoms with Crippen molar-refractivity contribution >= 4 is 11.9 Å². The van der Waals surface area contributed by atoms with Crippen LogP contribution in [0.3, 0.4) is 0 Å². The van der Waals surface area contributed by atoms with Crippen LogP contribution in [0.15, 0.2) is 18.6 Å². The fourth-order valence-electron chi connectivity index (χ4n) is 1.07. The fraction of sp³-hybridized carbons (Fsp3) is 0.500. The second kappa shape index (κ2) is 6.68. The summed E-state index contributed by atoms with van der Waals surface area (Å²) in [4.78, 5) is 30.5. The molecule has 0 bridgehead atoms. The number of hydrogen-bond donors (Lipinski definition) is 1. The Hall–Kier alpha value is -1.98. The van der Waals surface area contributed by atoms with E-state index in [0.29, 0.717) is 5.92 Å². The molecule has 0 aliphatic carbocycles. The predicted octanol–water partition coefficient (Wildman–Crippen LogP) is 0.794. The fourth-order valence-corrected chi connectivity index (χ4v) is 1.07. The first-order valence-electron chi connectivity index (χ1n) is 5.73. The molecule has 1 atom stereocenters. The Morgan fingerprint density at radius 3 is 2.61 bits per heavy atom. The number of carbonyl (C=O) groups is 2. The molecule has 1 amide bonds. The number of aromatic nitrogens is 2. The monoisotopic (exact) mass is 251 g/mol. The molecule has 0 saturated heterocycles. The lowest BCUT2D eigenvalue weighted by atomic mass is 10.1. The zero-order valence-corrected chi connectivity index (χ0v) is 10.7. The summed E-state index contributed by atoms with van der Waals surface area (Å²) < 4.78 is 4.82. The number of ether oxygens (including phenoxy) is 1. The maximum atomic E-state index is 11.5. The highest BCUT2D eigenvalue weighted by atomic mass is 16.5. The molecular formula is C12H17N3O3. The summed E-state index contributed by atoms with van der Waals surface area (Å²) >= 11 is 0. The highest BCUT2D eigenvalue weighted by Gasteiger charge is 2.14. The first-order valence-corrected chi connectivity index (χ1v) is 5.73. The predicted molar refractivity (Wildman–Crippen MR) is 64.8 cm³/mol. The normalized spacial score (nSPS) is 12.0. The SMILES string of the molecule is CC(C)[C@H](C)NC(=O)COC(=O)c1cnccn1. The molecule has 0 spiro atoms. The maximum absolute atomic E-state index is 11.5. The van der Waals surface area contributed by atoms with Gasteiger partial charge in [-0.3, -0.25) is 9.78 Å².